The SMILES string of the molecule is Cc1cc(-c2nnc(SC(C)c3nnc(-c4cccc(Cl)c4)o3)n2C)ccn1.c1ccncc1. The van der Waals surface area contributed by atoms with E-state index >= 15 is 0 Å². The number of pyridine rings is 2. The molecule has 4 heterocycles. The fourth-order valence-electron chi connectivity index (χ4n) is 3.01. The maximum Gasteiger partial charge on any atom is 0.247 e. The molecule has 34 heavy (non-hydrogen) atoms. The van der Waals surface area contributed by atoms with Crippen molar-refractivity contribution in [2.75, 3.05) is 0 Å². The standard InChI is InChI=1S/C19H17ClN6OS.C5H5N/c1-11-9-13(7-8-21-11)16-22-25-19(26(16)3)28-12(2)17-23-24-18(27-17)14-5-4-6-15(20)10-14;1-2-4-6-5-3-1/h4-10,12H,1-3H3;1-5H. The summed E-state index contributed by atoms with van der Waals surface area (Å²) in [5, 5.41) is 18.2. The average Bonchev–Trinajstić information content (AvgIpc) is 3.48. The van der Waals surface area contributed by atoms with Crippen molar-refractivity contribution in [1.29, 1.82) is 0 Å². The summed E-state index contributed by atoms with van der Waals surface area (Å²) >= 11 is 7.54. The monoisotopic (exact) mass is 491 g/mol. The van der Waals surface area contributed by atoms with Crippen molar-refractivity contribution in [1.82, 2.24) is 34.9 Å². The first kappa shape index (κ1) is 23.6. The molecule has 0 saturated heterocycles. The second-order valence-electron chi connectivity index (χ2n) is 7.29. The van der Waals surface area contributed by atoms with Crippen molar-refractivity contribution < 1.29 is 4.42 Å². The number of aryl methyl sites for hydroxylation is 1. The minimum atomic E-state index is -0.0876. The lowest BCUT2D eigenvalue weighted by Gasteiger charge is -2.07. The second-order valence-corrected chi connectivity index (χ2v) is 9.04. The minimum Gasteiger partial charge on any atom is -0.419 e. The van der Waals surface area contributed by atoms with Crippen LogP contribution in [-0.2, 0) is 7.05 Å². The third-order valence-corrected chi connectivity index (χ3v) is 6.06. The fraction of sp³-hybridized carbons (Fsp3) is 0.167. The lowest BCUT2D eigenvalue weighted by Crippen LogP contribution is -1.97. The molecule has 0 N–H and O–H groups in total. The molecular weight excluding hydrogens is 470 g/mol. The highest BCUT2D eigenvalue weighted by molar-refractivity contribution is 7.99. The highest BCUT2D eigenvalue weighted by Gasteiger charge is 2.20. The van der Waals surface area contributed by atoms with Crippen LogP contribution in [-0.4, -0.2) is 34.9 Å². The highest BCUT2D eigenvalue weighted by atomic mass is 35.5. The largest absolute Gasteiger partial charge is 0.419 e. The Morgan fingerprint density at radius 2 is 1.74 bits per heavy atom. The molecule has 1 atom stereocenters. The number of halogens is 1. The van der Waals surface area contributed by atoms with Crippen molar-refractivity contribution in [2.45, 2.75) is 24.3 Å². The molecule has 1 unspecified atom stereocenters. The fourth-order valence-corrected chi connectivity index (χ4v) is 4.05. The average molecular weight is 492 g/mol. The van der Waals surface area contributed by atoms with Crippen LogP contribution in [0, 0.1) is 6.92 Å². The smallest absolute Gasteiger partial charge is 0.247 e. The van der Waals surface area contributed by atoms with Crippen molar-refractivity contribution in [3.8, 4) is 22.8 Å². The summed E-state index contributed by atoms with van der Waals surface area (Å²) < 4.78 is 7.79. The number of rotatable bonds is 5. The molecule has 5 aromatic rings. The molecule has 0 bridgehead atoms. The van der Waals surface area contributed by atoms with E-state index in [9.17, 15) is 0 Å². The van der Waals surface area contributed by atoms with E-state index in [0.717, 1.165) is 27.8 Å². The summed E-state index contributed by atoms with van der Waals surface area (Å²) in [7, 11) is 1.94. The zero-order chi connectivity index (χ0) is 23.9. The number of hydrogen-bond acceptors (Lipinski definition) is 8. The molecule has 5 rings (SSSR count). The van der Waals surface area contributed by atoms with Crippen LogP contribution < -0.4 is 0 Å². The predicted octanol–water partition coefficient (Wildman–Crippen LogP) is 5.82. The molecule has 0 saturated carbocycles. The van der Waals surface area contributed by atoms with Crippen molar-refractivity contribution >= 4 is 23.4 Å². The van der Waals surface area contributed by atoms with Gasteiger partial charge in [-0.15, -0.1) is 20.4 Å². The number of thioether (sulfide) groups is 1. The minimum absolute atomic E-state index is 0.0876. The Labute approximate surface area is 206 Å². The molecule has 0 aliphatic heterocycles. The van der Waals surface area contributed by atoms with E-state index in [2.05, 4.69) is 30.4 Å². The molecule has 4 aromatic heterocycles. The quantitative estimate of drug-likeness (QED) is 0.283. The molecular formula is C24H22ClN7OS. The molecule has 0 fully saturated rings. The van der Waals surface area contributed by atoms with Gasteiger partial charge in [0.2, 0.25) is 11.8 Å². The molecule has 0 amide bonds. The summed E-state index contributed by atoms with van der Waals surface area (Å²) in [5.74, 6) is 1.74. The number of hydrogen-bond donors (Lipinski definition) is 0. The Morgan fingerprint density at radius 3 is 2.41 bits per heavy atom. The van der Waals surface area contributed by atoms with E-state index in [4.69, 9.17) is 16.0 Å². The second kappa shape index (κ2) is 11.0. The van der Waals surface area contributed by atoms with Gasteiger partial charge in [-0.2, -0.15) is 0 Å². The first-order valence-electron chi connectivity index (χ1n) is 10.4. The maximum absolute atomic E-state index is 6.04. The van der Waals surface area contributed by atoms with Crippen LogP contribution >= 0.6 is 23.4 Å². The Hall–Kier alpha value is -3.56. The Morgan fingerprint density at radius 1 is 0.912 bits per heavy atom. The topological polar surface area (TPSA) is 95.4 Å². The van der Waals surface area contributed by atoms with Crippen molar-refractivity contribution in [3.63, 3.8) is 0 Å². The van der Waals surface area contributed by atoms with Crippen molar-refractivity contribution in [2.24, 2.45) is 7.05 Å². The molecule has 172 valence electrons. The Kier molecular flexibility index (Phi) is 7.66. The van der Waals surface area contributed by atoms with Crippen LogP contribution in [0.4, 0.5) is 0 Å². The van der Waals surface area contributed by atoms with E-state index < -0.39 is 0 Å². The van der Waals surface area contributed by atoms with Crippen molar-refractivity contribution in [3.05, 3.63) is 89.8 Å². The van der Waals surface area contributed by atoms with Gasteiger partial charge < -0.3 is 8.98 Å². The Bertz CT molecular complexity index is 1330. The first-order valence-corrected chi connectivity index (χ1v) is 11.7. The summed E-state index contributed by atoms with van der Waals surface area (Å²) in [5.41, 5.74) is 2.70. The van der Waals surface area contributed by atoms with Crippen LogP contribution in [0.5, 0.6) is 0 Å². The highest BCUT2D eigenvalue weighted by Crippen LogP contribution is 2.35. The lowest BCUT2D eigenvalue weighted by molar-refractivity contribution is 0.508. The van der Waals surface area contributed by atoms with Gasteiger partial charge in [0, 0.05) is 47.5 Å². The molecule has 0 radical (unpaired) electrons. The van der Waals surface area contributed by atoms with Gasteiger partial charge in [0.1, 0.15) is 0 Å². The Balaban J connectivity index is 0.000000398. The number of aromatic nitrogens is 7. The van der Waals surface area contributed by atoms with E-state index in [1.54, 1.807) is 30.7 Å². The molecule has 0 aliphatic carbocycles. The molecule has 1 aromatic carbocycles. The maximum atomic E-state index is 6.04. The van der Waals surface area contributed by atoms with E-state index in [0.29, 0.717) is 16.8 Å². The summed E-state index contributed by atoms with van der Waals surface area (Å²) in [4.78, 5) is 8.01. The summed E-state index contributed by atoms with van der Waals surface area (Å²) in [6.07, 6.45) is 5.27. The van der Waals surface area contributed by atoms with Gasteiger partial charge in [0.25, 0.3) is 0 Å². The lowest BCUT2D eigenvalue weighted by atomic mass is 10.2. The van der Waals surface area contributed by atoms with E-state index in [-0.39, 0.29) is 5.25 Å². The zero-order valence-electron chi connectivity index (χ0n) is 18.8. The normalized spacial score (nSPS) is 11.5. The third-order valence-electron chi connectivity index (χ3n) is 4.70. The third kappa shape index (κ3) is 5.86. The van der Waals surface area contributed by atoms with Gasteiger partial charge in [-0.25, -0.2) is 0 Å². The van der Waals surface area contributed by atoms with Gasteiger partial charge in [-0.3, -0.25) is 9.97 Å². The number of nitrogens with zero attached hydrogens (tertiary/aromatic N) is 7. The number of benzene rings is 1. The summed E-state index contributed by atoms with van der Waals surface area (Å²) in [6, 6.07) is 16.9. The van der Waals surface area contributed by atoms with Crippen LogP contribution in [0.1, 0.15) is 23.8 Å². The molecule has 10 heteroatoms. The van der Waals surface area contributed by atoms with E-state index in [1.807, 2.05) is 67.9 Å². The molecule has 0 aliphatic rings. The van der Waals surface area contributed by atoms with Crippen LogP contribution in [0.3, 0.4) is 0 Å². The zero-order valence-corrected chi connectivity index (χ0v) is 20.4. The molecule has 8 nitrogen and oxygen atoms in total. The van der Waals surface area contributed by atoms with Crippen LogP contribution in [0.2, 0.25) is 5.02 Å². The van der Waals surface area contributed by atoms with Crippen LogP contribution in [0.25, 0.3) is 22.8 Å². The van der Waals surface area contributed by atoms with Gasteiger partial charge in [0.05, 0.1) is 5.25 Å². The van der Waals surface area contributed by atoms with Gasteiger partial charge in [0.15, 0.2) is 11.0 Å². The predicted molar refractivity (Wildman–Crippen MR) is 132 cm³/mol. The van der Waals surface area contributed by atoms with Gasteiger partial charge >= 0.3 is 0 Å². The first-order chi connectivity index (χ1) is 16.5. The van der Waals surface area contributed by atoms with E-state index in [1.165, 1.54) is 11.8 Å². The van der Waals surface area contributed by atoms with Crippen LogP contribution in [0.15, 0.2) is 82.8 Å². The summed E-state index contributed by atoms with van der Waals surface area (Å²) in [6.45, 7) is 3.94. The van der Waals surface area contributed by atoms with Gasteiger partial charge in [-0.05, 0) is 56.3 Å². The molecule has 0 spiro atoms. The van der Waals surface area contributed by atoms with Gasteiger partial charge in [-0.1, -0.05) is 35.5 Å².